The highest BCUT2D eigenvalue weighted by molar-refractivity contribution is 7.96. The van der Waals surface area contributed by atoms with E-state index >= 15 is 0 Å². The summed E-state index contributed by atoms with van der Waals surface area (Å²) in [7, 11) is 0. The summed E-state index contributed by atoms with van der Waals surface area (Å²) in [5, 5.41) is 10.5. The Kier molecular flexibility index (Phi) is 3.73. The zero-order chi connectivity index (χ0) is 9.94. The Bertz CT molecular complexity index is 183. The fraction of sp³-hybridized carbons (Fsp3) is 0.714. The molecule has 0 aliphatic carbocycles. The van der Waals surface area contributed by atoms with Crippen LogP contribution in [0.2, 0.25) is 0 Å². The minimum atomic E-state index is -1.23. The third-order valence-electron chi connectivity index (χ3n) is 1.07. The van der Waals surface area contributed by atoms with E-state index in [1.807, 2.05) is 0 Å². The van der Waals surface area contributed by atoms with Crippen LogP contribution in [0.1, 0.15) is 20.8 Å². The first-order chi connectivity index (χ1) is 5.24. The number of carbonyl (C=O) groups is 2. The number of carbonyl (C=O) groups excluding carboxylic acids is 1. The van der Waals surface area contributed by atoms with Crippen molar-refractivity contribution in [2.24, 2.45) is 0 Å². The van der Waals surface area contributed by atoms with Gasteiger partial charge in [-0.25, -0.2) is 4.79 Å². The van der Waals surface area contributed by atoms with E-state index in [9.17, 15) is 9.59 Å². The van der Waals surface area contributed by atoms with E-state index in [4.69, 9.17) is 5.11 Å². The second-order valence-corrected chi connectivity index (χ2v) is 3.94. The number of nitrogens with one attached hydrogen (secondary N) is 1. The highest BCUT2D eigenvalue weighted by Crippen LogP contribution is 2.03. The zero-order valence-electron chi connectivity index (χ0n) is 7.29. The summed E-state index contributed by atoms with van der Waals surface area (Å²) in [4.78, 5) is 21.2. The Morgan fingerprint density at radius 2 is 1.83 bits per heavy atom. The first kappa shape index (κ1) is 11.4. The Hall–Kier alpha value is -0.550. The van der Waals surface area contributed by atoms with Crippen molar-refractivity contribution in [1.82, 2.24) is 5.32 Å². The molecule has 0 aliphatic heterocycles. The first-order valence-corrected chi connectivity index (χ1v) is 3.92. The molecule has 2 N–H and O–H groups in total. The molecule has 0 saturated carbocycles. The predicted molar refractivity (Wildman–Crippen MR) is 48.3 cm³/mol. The molecule has 5 heteroatoms. The Morgan fingerprint density at radius 3 is 1.92 bits per heavy atom. The van der Waals surface area contributed by atoms with Crippen molar-refractivity contribution >= 4 is 23.7 Å². The van der Waals surface area contributed by atoms with Gasteiger partial charge >= 0.3 is 5.97 Å². The van der Waals surface area contributed by atoms with Crippen LogP contribution in [0, 0.1) is 0 Å². The van der Waals surface area contributed by atoms with Crippen LogP contribution in [0.15, 0.2) is 0 Å². The quantitative estimate of drug-likeness (QED) is 0.443. The summed E-state index contributed by atoms with van der Waals surface area (Å²) in [5.74, 6) is -1.20. The fourth-order valence-corrected chi connectivity index (χ4v) is 0.837. The minimum Gasteiger partial charge on any atom is -0.480 e. The van der Waals surface area contributed by atoms with Crippen LogP contribution in [-0.4, -0.2) is 27.8 Å². The lowest BCUT2D eigenvalue weighted by Crippen LogP contribution is -2.50. The maximum atomic E-state index is 10.7. The highest BCUT2D eigenvalue weighted by atomic mass is 32.1. The van der Waals surface area contributed by atoms with Crippen molar-refractivity contribution in [2.75, 3.05) is 0 Å². The summed E-state index contributed by atoms with van der Waals surface area (Å²) >= 11 is 3.46. The van der Waals surface area contributed by atoms with Gasteiger partial charge in [0, 0.05) is 5.54 Å². The molecule has 0 rings (SSSR count). The van der Waals surface area contributed by atoms with E-state index in [1.165, 1.54) is 0 Å². The van der Waals surface area contributed by atoms with Gasteiger partial charge < -0.3 is 5.11 Å². The molecule has 1 unspecified atom stereocenters. The van der Waals surface area contributed by atoms with Gasteiger partial charge in [0.25, 0.3) is 0 Å². The number of hydrogen-bond donors (Lipinski definition) is 3. The van der Waals surface area contributed by atoms with Crippen LogP contribution in [0.5, 0.6) is 0 Å². The van der Waals surface area contributed by atoms with Crippen molar-refractivity contribution in [1.29, 1.82) is 0 Å². The van der Waals surface area contributed by atoms with Crippen LogP contribution in [-0.2, 0) is 9.59 Å². The van der Waals surface area contributed by atoms with Crippen molar-refractivity contribution in [3.63, 3.8) is 0 Å². The molecule has 0 aliphatic rings. The largest absolute Gasteiger partial charge is 0.480 e. The lowest BCUT2D eigenvalue weighted by Gasteiger charge is -2.23. The van der Waals surface area contributed by atoms with Crippen LogP contribution in [0.3, 0.4) is 0 Å². The standard InChI is InChI=1S/C7H13NO3S/c1-7(2,3)8-4(5(9)10)6(11)12/h4,8H,1-3H3,(H,9,10)(H,11,12). The average Bonchev–Trinajstić information content (AvgIpc) is 1.79. The third-order valence-corrected chi connectivity index (χ3v) is 1.33. The number of hydrogen-bond acceptors (Lipinski definition) is 3. The van der Waals surface area contributed by atoms with Gasteiger partial charge in [-0.3, -0.25) is 10.1 Å². The smallest absolute Gasteiger partial charge is 0.329 e. The fourth-order valence-electron chi connectivity index (χ4n) is 0.662. The monoisotopic (exact) mass is 191 g/mol. The summed E-state index contributed by atoms with van der Waals surface area (Å²) in [6, 6.07) is -1.23. The molecule has 4 nitrogen and oxygen atoms in total. The van der Waals surface area contributed by atoms with Crippen molar-refractivity contribution in [3.05, 3.63) is 0 Å². The maximum absolute atomic E-state index is 10.7. The predicted octanol–water partition coefficient (Wildman–Crippen LogP) is 0.284. The lowest BCUT2D eigenvalue weighted by atomic mass is 10.1. The van der Waals surface area contributed by atoms with Crippen molar-refractivity contribution in [2.45, 2.75) is 32.4 Å². The van der Waals surface area contributed by atoms with Crippen LogP contribution >= 0.6 is 12.6 Å². The van der Waals surface area contributed by atoms with E-state index < -0.39 is 22.7 Å². The van der Waals surface area contributed by atoms with E-state index in [0.29, 0.717) is 0 Å². The average molecular weight is 191 g/mol. The van der Waals surface area contributed by atoms with Gasteiger partial charge in [0.15, 0.2) is 6.04 Å². The molecule has 0 fully saturated rings. The summed E-state index contributed by atoms with van der Waals surface area (Å²) in [6.07, 6.45) is 0. The number of aliphatic carboxylic acids is 1. The van der Waals surface area contributed by atoms with Gasteiger partial charge in [-0.2, -0.15) is 0 Å². The second kappa shape index (κ2) is 3.91. The van der Waals surface area contributed by atoms with Crippen LogP contribution in [0.4, 0.5) is 0 Å². The van der Waals surface area contributed by atoms with Gasteiger partial charge in [-0.05, 0) is 20.8 Å². The molecule has 0 aromatic heterocycles. The molecule has 0 aromatic rings. The van der Waals surface area contributed by atoms with E-state index in [0.717, 1.165) is 0 Å². The minimum absolute atomic E-state index is 0.415. The molecule has 0 amide bonds. The number of thiol groups is 1. The normalized spacial score (nSPS) is 14.0. The molecule has 0 spiro atoms. The van der Waals surface area contributed by atoms with Gasteiger partial charge in [-0.1, -0.05) is 0 Å². The van der Waals surface area contributed by atoms with Gasteiger partial charge in [0.2, 0.25) is 5.12 Å². The summed E-state index contributed by atoms with van der Waals surface area (Å²) in [6.45, 7) is 5.33. The molecular formula is C7H13NO3S. The lowest BCUT2D eigenvalue weighted by molar-refractivity contribution is -0.142. The maximum Gasteiger partial charge on any atom is 0.329 e. The molecule has 0 aromatic carbocycles. The van der Waals surface area contributed by atoms with Gasteiger partial charge in [0.1, 0.15) is 0 Å². The number of carboxylic acids is 1. The summed E-state index contributed by atoms with van der Waals surface area (Å²) in [5.41, 5.74) is -0.415. The van der Waals surface area contributed by atoms with Crippen LogP contribution < -0.4 is 5.32 Å². The van der Waals surface area contributed by atoms with Gasteiger partial charge in [0.05, 0.1) is 0 Å². The Labute approximate surface area is 76.8 Å². The van der Waals surface area contributed by atoms with Gasteiger partial charge in [-0.15, -0.1) is 12.6 Å². The Morgan fingerprint density at radius 1 is 1.42 bits per heavy atom. The van der Waals surface area contributed by atoms with Crippen LogP contribution in [0.25, 0.3) is 0 Å². The number of rotatable bonds is 3. The third kappa shape index (κ3) is 4.35. The number of carboxylic acid groups (broad SMARTS) is 1. The zero-order valence-corrected chi connectivity index (χ0v) is 8.18. The SMILES string of the molecule is CC(C)(C)NC(C(=O)O)C(=O)S. The van der Waals surface area contributed by atoms with E-state index in [-0.39, 0.29) is 0 Å². The molecule has 12 heavy (non-hydrogen) atoms. The molecule has 0 radical (unpaired) electrons. The van der Waals surface area contributed by atoms with E-state index in [1.54, 1.807) is 20.8 Å². The van der Waals surface area contributed by atoms with Crippen molar-refractivity contribution < 1.29 is 14.7 Å². The molecule has 1 atom stereocenters. The molecule has 0 heterocycles. The highest BCUT2D eigenvalue weighted by Gasteiger charge is 2.27. The Balaban J connectivity index is 4.35. The molecule has 0 saturated heterocycles. The summed E-state index contributed by atoms with van der Waals surface area (Å²) < 4.78 is 0. The molecule has 70 valence electrons. The van der Waals surface area contributed by atoms with E-state index in [2.05, 4.69) is 17.9 Å². The second-order valence-electron chi connectivity index (χ2n) is 3.50. The molecular weight excluding hydrogens is 178 g/mol. The van der Waals surface area contributed by atoms with Crippen molar-refractivity contribution in [3.8, 4) is 0 Å². The topological polar surface area (TPSA) is 66.4 Å². The first-order valence-electron chi connectivity index (χ1n) is 3.47. The molecule has 0 bridgehead atoms.